The number of hydrogen-bond donors (Lipinski definition) is 2. The van der Waals surface area contributed by atoms with E-state index >= 15 is 0 Å². The second-order valence-corrected chi connectivity index (χ2v) is 4.03. The number of nitrogens with zero attached hydrogens (tertiary/aromatic N) is 2. The Bertz CT molecular complexity index is 413. The van der Waals surface area contributed by atoms with E-state index in [0.717, 1.165) is 10.7 Å². The summed E-state index contributed by atoms with van der Waals surface area (Å²) in [6, 6.07) is 7.27. The number of anilines is 1. The zero-order chi connectivity index (χ0) is 10.7. The fourth-order valence-electron chi connectivity index (χ4n) is 1.27. The minimum Gasteiger partial charge on any atom is -0.508 e. The van der Waals surface area contributed by atoms with Gasteiger partial charge < -0.3 is 10.4 Å². The van der Waals surface area contributed by atoms with Crippen LogP contribution in [0.4, 0.5) is 5.13 Å². The van der Waals surface area contributed by atoms with Gasteiger partial charge in [-0.1, -0.05) is 23.5 Å². The van der Waals surface area contributed by atoms with Crippen LogP contribution in [0.1, 0.15) is 18.5 Å². The van der Waals surface area contributed by atoms with Gasteiger partial charge in [-0.05, 0) is 24.6 Å². The molecule has 0 aliphatic heterocycles. The summed E-state index contributed by atoms with van der Waals surface area (Å²) in [5.74, 6) is 0.280. The van der Waals surface area contributed by atoms with Gasteiger partial charge in [0.1, 0.15) is 11.3 Å². The minimum atomic E-state index is 0.151. The molecular weight excluding hydrogens is 210 g/mol. The van der Waals surface area contributed by atoms with Crippen LogP contribution >= 0.6 is 11.3 Å². The van der Waals surface area contributed by atoms with Crippen LogP contribution in [-0.4, -0.2) is 15.3 Å². The number of phenolic OH excluding ortho intramolecular Hbond substituents is 1. The normalized spacial score (nSPS) is 12.3. The number of phenols is 1. The summed E-state index contributed by atoms with van der Waals surface area (Å²) in [6.07, 6.45) is 0. The Balaban J connectivity index is 2.08. The fraction of sp³-hybridized carbons (Fsp3) is 0.200. The van der Waals surface area contributed by atoms with Gasteiger partial charge in [0.15, 0.2) is 0 Å². The molecule has 2 rings (SSSR count). The summed E-state index contributed by atoms with van der Waals surface area (Å²) in [4.78, 5) is 0. The largest absolute Gasteiger partial charge is 0.508 e. The van der Waals surface area contributed by atoms with Gasteiger partial charge in [-0.25, -0.2) is 0 Å². The molecule has 0 aliphatic carbocycles. The third-order valence-corrected chi connectivity index (χ3v) is 2.72. The van der Waals surface area contributed by atoms with Gasteiger partial charge in [0.2, 0.25) is 5.13 Å². The Hall–Kier alpha value is -1.62. The van der Waals surface area contributed by atoms with Crippen LogP contribution in [0.3, 0.4) is 0 Å². The summed E-state index contributed by atoms with van der Waals surface area (Å²) < 4.78 is 0. The average Bonchev–Trinajstić information content (AvgIpc) is 2.71. The molecule has 0 aliphatic rings. The molecule has 5 heteroatoms. The maximum Gasteiger partial charge on any atom is 0.205 e. The quantitative estimate of drug-likeness (QED) is 0.835. The molecular formula is C10H11N3OS. The SMILES string of the molecule is CC(Nc1nncs1)c1ccc(O)cc1. The van der Waals surface area contributed by atoms with Crippen LogP contribution in [0, 0.1) is 0 Å². The van der Waals surface area contributed by atoms with Gasteiger partial charge in [0.25, 0.3) is 0 Å². The molecule has 0 radical (unpaired) electrons. The Kier molecular flexibility index (Phi) is 2.82. The second-order valence-electron chi connectivity index (χ2n) is 3.20. The van der Waals surface area contributed by atoms with E-state index in [1.807, 2.05) is 19.1 Å². The number of aromatic hydroxyl groups is 1. The highest BCUT2D eigenvalue weighted by Crippen LogP contribution is 2.21. The van der Waals surface area contributed by atoms with Gasteiger partial charge in [-0.15, -0.1) is 10.2 Å². The molecule has 2 N–H and O–H groups in total. The van der Waals surface area contributed by atoms with Crippen LogP contribution in [0.15, 0.2) is 29.8 Å². The van der Waals surface area contributed by atoms with E-state index in [4.69, 9.17) is 5.11 Å². The molecule has 1 heterocycles. The highest BCUT2D eigenvalue weighted by atomic mass is 32.1. The molecule has 0 fully saturated rings. The molecule has 1 aromatic carbocycles. The van der Waals surface area contributed by atoms with Gasteiger partial charge >= 0.3 is 0 Å². The van der Waals surface area contributed by atoms with E-state index in [0.29, 0.717) is 0 Å². The Morgan fingerprint density at radius 1 is 1.33 bits per heavy atom. The lowest BCUT2D eigenvalue weighted by atomic mass is 10.1. The summed E-state index contributed by atoms with van der Waals surface area (Å²) >= 11 is 1.47. The Morgan fingerprint density at radius 3 is 2.67 bits per heavy atom. The third kappa shape index (κ3) is 2.44. The predicted octanol–water partition coefficient (Wildman–Crippen LogP) is 2.42. The lowest BCUT2D eigenvalue weighted by Gasteiger charge is -2.12. The second kappa shape index (κ2) is 4.27. The lowest BCUT2D eigenvalue weighted by Crippen LogP contribution is -2.05. The standard InChI is InChI=1S/C10H11N3OS/c1-7(12-10-13-11-6-15-10)8-2-4-9(14)5-3-8/h2-7,14H,1H3,(H,12,13). The van der Waals surface area contributed by atoms with Crippen molar-refractivity contribution in [2.75, 3.05) is 5.32 Å². The Labute approximate surface area is 91.6 Å². The fourth-order valence-corrected chi connectivity index (χ4v) is 1.80. The molecule has 1 aromatic heterocycles. The maximum atomic E-state index is 9.15. The van der Waals surface area contributed by atoms with Crippen molar-refractivity contribution >= 4 is 16.5 Å². The molecule has 4 nitrogen and oxygen atoms in total. The first-order chi connectivity index (χ1) is 7.25. The zero-order valence-electron chi connectivity index (χ0n) is 8.21. The number of nitrogens with one attached hydrogen (secondary N) is 1. The van der Waals surface area contributed by atoms with E-state index in [1.54, 1.807) is 17.6 Å². The van der Waals surface area contributed by atoms with Crippen molar-refractivity contribution in [1.82, 2.24) is 10.2 Å². The number of rotatable bonds is 3. The van der Waals surface area contributed by atoms with E-state index in [9.17, 15) is 0 Å². The minimum absolute atomic E-state index is 0.151. The van der Waals surface area contributed by atoms with Crippen LogP contribution in [0.2, 0.25) is 0 Å². The van der Waals surface area contributed by atoms with Crippen LogP contribution in [0.25, 0.3) is 0 Å². The third-order valence-electron chi connectivity index (χ3n) is 2.09. The van der Waals surface area contributed by atoms with Crippen molar-refractivity contribution < 1.29 is 5.11 Å². The van der Waals surface area contributed by atoms with E-state index < -0.39 is 0 Å². The van der Waals surface area contributed by atoms with Crippen molar-refractivity contribution in [2.24, 2.45) is 0 Å². The van der Waals surface area contributed by atoms with E-state index in [2.05, 4.69) is 15.5 Å². The Morgan fingerprint density at radius 2 is 2.07 bits per heavy atom. The van der Waals surface area contributed by atoms with E-state index in [-0.39, 0.29) is 11.8 Å². The monoisotopic (exact) mass is 221 g/mol. The maximum absolute atomic E-state index is 9.15. The van der Waals surface area contributed by atoms with Gasteiger partial charge in [0, 0.05) is 0 Å². The first-order valence-corrected chi connectivity index (χ1v) is 5.45. The summed E-state index contributed by atoms with van der Waals surface area (Å²) in [5.41, 5.74) is 2.79. The van der Waals surface area contributed by atoms with Gasteiger partial charge in [-0.3, -0.25) is 0 Å². The average molecular weight is 221 g/mol. The molecule has 0 spiro atoms. The van der Waals surface area contributed by atoms with Crippen LogP contribution < -0.4 is 5.32 Å². The van der Waals surface area contributed by atoms with Crippen molar-refractivity contribution in [3.05, 3.63) is 35.3 Å². The summed E-state index contributed by atoms with van der Waals surface area (Å²) in [6.45, 7) is 2.04. The molecule has 0 saturated carbocycles. The van der Waals surface area contributed by atoms with Crippen molar-refractivity contribution in [1.29, 1.82) is 0 Å². The number of hydrogen-bond acceptors (Lipinski definition) is 5. The van der Waals surface area contributed by atoms with Crippen LogP contribution in [0.5, 0.6) is 5.75 Å². The van der Waals surface area contributed by atoms with Crippen molar-refractivity contribution in [2.45, 2.75) is 13.0 Å². The predicted molar refractivity (Wildman–Crippen MR) is 60.1 cm³/mol. The van der Waals surface area contributed by atoms with E-state index in [1.165, 1.54) is 11.3 Å². The first-order valence-electron chi connectivity index (χ1n) is 4.57. The first kappa shape index (κ1) is 9.92. The molecule has 0 saturated heterocycles. The van der Waals surface area contributed by atoms with Gasteiger partial charge in [-0.2, -0.15) is 0 Å². The number of aromatic nitrogens is 2. The summed E-state index contributed by atoms with van der Waals surface area (Å²) in [7, 11) is 0. The van der Waals surface area contributed by atoms with Crippen molar-refractivity contribution in [3.8, 4) is 5.75 Å². The molecule has 2 aromatic rings. The highest BCUT2D eigenvalue weighted by molar-refractivity contribution is 7.13. The molecule has 0 amide bonds. The molecule has 15 heavy (non-hydrogen) atoms. The van der Waals surface area contributed by atoms with Gasteiger partial charge in [0.05, 0.1) is 6.04 Å². The molecule has 1 atom stereocenters. The topological polar surface area (TPSA) is 58.0 Å². The number of benzene rings is 1. The molecule has 1 unspecified atom stereocenters. The highest BCUT2D eigenvalue weighted by Gasteiger charge is 2.06. The zero-order valence-corrected chi connectivity index (χ0v) is 9.03. The van der Waals surface area contributed by atoms with Crippen molar-refractivity contribution in [3.63, 3.8) is 0 Å². The van der Waals surface area contributed by atoms with Crippen LogP contribution in [-0.2, 0) is 0 Å². The lowest BCUT2D eigenvalue weighted by molar-refractivity contribution is 0.475. The molecule has 78 valence electrons. The summed E-state index contributed by atoms with van der Waals surface area (Å²) in [5, 5.41) is 20.8. The smallest absolute Gasteiger partial charge is 0.205 e. The molecule has 0 bridgehead atoms.